The van der Waals surface area contributed by atoms with Crippen LogP contribution in [0.2, 0.25) is 10.5 Å². The summed E-state index contributed by atoms with van der Waals surface area (Å²) >= 11 is -1.93. The molecule has 0 spiro atoms. The molecule has 0 aromatic heterocycles. The first-order valence-electron chi connectivity index (χ1n) is 2.27. The molecule has 0 bridgehead atoms. The standard InChI is InChI=1S/C2H5Cl5Ge2/c3-8(4)1-2-9(5,6)7/h8H,1-2H2. The zero-order valence-electron chi connectivity index (χ0n) is 4.38. The summed E-state index contributed by atoms with van der Waals surface area (Å²) < 4.78 is 0. The predicted octanol–water partition coefficient (Wildman–Crippen LogP) is 3.34. The van der Waals surface area contributed by atoms with Crippen molar-refractivity contribution >= 4 is 73.0 Å². The van der Waals surface area contributed by atoms with Gasteiger partial charge in [0.25, 0.3) is 0 Å². The Morgan fingerprint density at radius 1 is 1.11 bits per heavy atom. The summed E-state index contributed by atoms with van der Waals surface area (Å²) in [4.78, 5) is 0. The van der Waals surface area contributed by atoms with Gasteiger partial charge in [-0.05, 0) is 0 Å². The molecular weight excluding hydrogens is 347 g/mol. The monoisotopic (exact) mass is 352 g/mol. The molecule has 0 aromatic rings. The van der Waals surface area contributed by atoms with Crippen LogP contribution in [0.15, 0.2) is 0 Å². The van der Waals surface area contributed by atoms with Gasteiger partial charge in [0.05, 0.1) is 0 Å². The topological polar surface area (TPSA) is 0 Å². The van der Waals surface area contributed by atoms with Crippen LogP contribution < -0.4 is 0 Å². The quantitative estimate of drug-likeness (QED) is 0.684. The van der Waals surface area contributed by atoms with E-state index in [0.717, 1.165) is 5.25 Å². The van der Waals surface area contributed by atoms with Crippen molar-refractivity contribution < 1.29 is 0 Å². The molecule has 0 saturated carbocycles. The van der Waals surface area contributed by atoms with Gasteiger partial charge in [0.2, 0.25) is 0 Å². The van der Waals surface area contributed by atoms with Crippen LogP contribution in [0, 0.1) is 0 Å². The predicted molar refractivity (Wildman–Crippen MR) is 51.8 cm³/mol. The van der Waals surface area contributed by atoms with E-state index in [1.165, 1.54) is 0 Å². The summed E-state index contributed by atoms with van der Waals surface area (Å²) in [6.07, 6.45) is 0. The van der Waals surface area contributed by atoms with Gasteiger partial charge >= 0.3 is 83.5 Å². The zero-order valence-corrected chi connectivity index (χ0v) is 12.7. The second-order valence-electron chi connectivity index (χ2n) is 1.54. The minimum absolute atomic E-state index is 0.655. The normalized spacial score (nSPS) is 12.7. The fourth-order valence-corrected chi connectivity index (χ4v) is 22.1. The molecule has 0 rings (SSSR count). The summed E-state index contributed by atoms with van der Waals surface area (Å²) in [6, 6.07) is 0. The third kappa shape index (κ3) is 10.5. The Balaban J connectivity index is 3.28. The Morgan fingerprint density at radius 3 is 1.67 bits per heavy atom. The number of hydrogen-bond acceptors (Lipinski definition) is 0. The van der Waals surface area contributed by atoms with E-state index in [9.17, 15) is 0 Å². The summed E-state index contributed by atoms with van der Waals surface area (Å²) in [5.41, 5.74) is 0. The molecule has 0 aliphatic carbocycles. The second kappa shape index (κ2) is 5.23. The molecule has 0 N–H and O–H groups in total. The molecule has 7 heteroatoms. The average Bonchev–Trinajstić information content (AvgIpc) is 1.59. The zero-order chi connectivity index (χ0) is 7.49. The molecule has 0 fully saturated rings. The van der Waals surface area contributed by atoms with Gasteiger partial charge < -0.3 is 0 Å². The third-order valence-corrected chi connectivity index (χ3v) is 11.7. The van der Waals surface area contributed by atoms with E-state index in [-0.39, 0.29) is 0 Å². The van der Waals surface area contributed by atoms with Crippen molar-refractivity contribution in [2.75, 3.05) is 0 Å². The van der Waals surface area contributed by atoms with Crippen LogP contribution >= 0.6 is 50.0 Å². The van der Waals surface area contributed by atoms with Crippen molar-refractivity contribution in [2.24, 2.45) is 0 Å². The van der Waals surface area contributed by atoms with Crippen molar-refractivity contribution in [3.8, 4) is 0 Å². The van der Waals surface area contributed by atoms with E-state index < -0.39 is 23.0 Å². The van der Waals surface area contributed by atoms with E-state index in [0.29, 0.717) is 5.25 Å². The van der Waals surface area contributed by atoms with Crippen LogP contribution in [0.5, 0.6) is 0 Å². The van der Waals surface area contributed by atoms with Crippen molar-refractivity contribution in [2.45, 2.75) is 10.5 Å². The maximum atomic E-state index is 5.61. The molecule has 0 aromatic carbocycles. The molecule has 9 heavy (non-hydrogen) atoms. The summed E-state index contributed by atoms with van der Waals surface area (Å²) in [5.74, 6) is 0. The van der Waals surface area contributed by atoms with Crippen molar-refractivity contribution in [1.82, 2.24) is 0 Å². The molecule has 0 heterocycles. The second-order valence-corrected chi connectivity index (χ2v) is 27.7. The Hall–Kier alpha value is 2.54. The maximum absolute atomic E-state index is 5.61. The Bertz CT molecular complexity index is 77.5. The first kappa shape index (κ1) is 11.5. The molecule has 0 aliphatic heterocycles. The summed E-state index contributed by atoms with van der Waals surface area (Å²) in [6.45, 7) is 0. The van der Waals surface area contributed by atoms with Crippen molar-refractivity contribution in [3.05, 3.63) is 0 Å². The van der Waals surface area contributed by atoms with Crippen LogP contribution in [0.3, 0.4) is 0 Å². The Kier molecular flexibility index (Phi) is 6.70. The first-order valence-corrected chi connectivity index (χ1v) is 20.1. The van der Waals surface area contributed by atoms with Crippen LogP contribution in [0.1, 0.15) is 0 Å². The van der Waals surface area contributed by atoms with Crippen molar-refractivity contribution in [1.29, 1.82) is 0 Å². The van der Waals surface area contributed by atoms with Gasteiger partial charge in [-0.1, -0.05) is 0 Å². The molecule has 0 unspecified atom stereocenters. The van der Waals surface area contributed by atoms with Crippen molar-refractivity contribution in [3.63, 3.8) is 0 Å². The van der Waals surface area contributed by atoms with Gasteiger partial charge in [-0.15, -0.1) is 0 Å². The molecule has 0 atom stereocenters. The molecule has 0 radical (unpaired) electrons. The van der Waals surface area contributed by atoms with E-state index in [4.69, 9.17) is 50.0 Å². The van der Waals surface area contributed by atoms with E-state index in [1.54, 1.807) is 0 Å². The minimum atomic E-state index is -2.86. The number of halogens is 5. The molecule has 56 valence electrons. The fourth-order valence-electron chi connectivity index (χ4n) is 0.273. The van der Waals surface area contributed by atoms with Gasteiger partial charge in [-0.2, -0.15) is 0 Å². The molecular formula is C2H5Cl5Ge2. The van der Waals surface area contributed by atoms with Gasteiger partial charge in [0.15, 0.2) is 0 Å². The van der Waals surface area contributed by atoms with Crippen LogP contribution in [-0.2, 0) is 0 Å². The van der Waals surface area contributed by atoms with Crippen LogP contribution in [0.4, 0.5) is 0 Å². The molecule has 0 nitrogen and oxygen atoms in total. The first-order chi connectivity index (χ1) is 3.92. The van der Waals surface area contributed by atoms with Gasteiger partial charge in [0.1, 0.15) is 0 Å². The molecule has 0 saturated heterocycles. The summed E-state index contributed by atoms with van der Waals surface area (Å²) in [7, 11) is 25.1. The number of hydrogen-bond donors (Lipinski definition) is 0. The van der Waals surface area contributed by atoms with Gasteiger partial charge in [-0.25, -0.2) is 0 Å². The Morgan fingerprint density at radius 2 is 1.56 bits per heavy atom. The van der Waals surface area contributed by atoms with E-state index >= 15 is 0 Å². The average molecular weight is 352 g/mol. The number of rotatable bonds is 3. The van der Waals surface area contributed by atoms with Crippen LogP contribution in [0.25, 0.3) is 0 Å². The Labute approximate surface area is 82.5 Å². The summed E-state index contributed by atoms with van der Waals surface area (Å²) in [5, 5.41) is 1.43. The fraction of sp³-hybridized carbons (Fsp3) is 1.00. The van der Waals surface area contributed by atoms with E-state index in [2.05, 4.69) is 0 Å². The molecule has 0 amide bonds. The molecule has 0 aliphatic rings. The third-order valence-electron chi connectivity index (χ3n) is 0.646. The SMILES string of the molecule is [Cl][GeH]([Cl])[CH2][CH2][Ge]([Cl])([Cl])[Cl]. The van der Waals surface area contributed by atoms with E-state index in [1.807, 2.05) is 0 Å². The van der Waals surface area contributed by atoms with Crippen LogP contribution in [-0.4, -0.2) is 23.0 Å². The van der Waals surface area contributed by atoms with Gasteiger partial charge in [-0.3, -0.25) is 0 Å². The van der Waals surface area contributed by atoms with Gasteiger partial charge in [0, 0.05) is 0 Å².